The molecule has 3 nitrogen and oxygen atoms in total. The molecule has 0 radical (unpaired) electrons. The zero-order valence-electron chi connectivity index (χ0n) is 10.9. The highest BCUT2D eigenvalue weighted by Gasteiger charge is 2.34. The fourth-order valence-corrected chi connectivity index (χ4v) is 4.15. The van der Waals surface area contributed by atoms with Crippen molar-refractivity contribution in [2.24, 2.45) is 17.1 Å². The maximum Gasteiger partial charge on any atom is 0.193 e. The maximum atomic E-state index is 6.09. The number of nitrogens with zero attached hydrogens (tertiary/aromatic N) is 2. The number of thiazole rings is 1. The van der Waals surface area contributed by atoms with E-state index < -0.39 is 0 Å². The number of aromatic nitrogens is 2. The number of nitrogens with two attached hydrogens (primary N) is 1. The van der Waals surface area contributed by atoms with Crippen LogP contribution in [0.25, 0.3) is 4.96 Å². The summed E-state index contributed by atoms with van der Waals surface area (Å²) in [5.41, 5.74) is 7.59. The first-order chi connectivity index (χ1) is 8.71. The SMILES string of the molecule is CC1CCCC(CN)(Cc2cn3ccsc3n2)C1. The Morgan fingerprint density at radius 2 is 2.50 bits per heavy atom. The summed E-state index contributed by atoms with van der Waals surface area (Å²) in [5, 5.41) is 2.08. The Kier molecular flexibility index (Phi) is 3.16. The van der Waals surface area contributed by atoms with Gasteiger partial charge in [-0.15, -0.1) is 11.3 Å². The second-order valence-electron chi connectivity index (χ2n) is 5.91. The van der Waals surface area contributed by atoms with E-state index in [0.717, 1.165) is 23.8 Å². The average molecular weight is 263 g/mol. The molecule has 2 aromatic heterocycles. The van der Waals surface area contributed by atoms with Gasteiger partial charge in [0.2, 0.25) is 0 Å². The molecule has 2 atom stereocenters. The molecule has 0 saturated heterocycles. The average Bonchev–Trinajstić information content (AvgIpc) is 2.89. The lowest BCUT2D eigenvalue weighted by Gasteiger charge is -2.39. The number of hydrogen-bond acceptors (Lipinski definition) is 3. The Labute approximate surface area is 112 Å². The molecule has 0 spiro atoms. The fourth-order valence-electron chi connectivity index (χ4n) is 3.43. The van der Waals surface area contributed by atoms with Crippen LogP contribution < -0.4 is 5.73 Å². The number of imidazole rings is 1. The van der Waals surface area contributed by atoms with E-state index in [2.05, 4.69) is 29.1 Å². The summed E-state index contributed by atoms with van der Waals surface area (Å²) < 4.78 is 2.12. The zero-order chi connectivity index (χ0) is 12.6. The van der Waals surface area contributed by atoms with E-state index in [-0.39, 0.29) is 0 Å². The molecule has 3 rings (SSSR count). The summed E-state index contributed by atoms with van der Waals surface area (Å²) in [5.74, 6) is 0.811. The minimum Gasteiger partial charge on any atom is -0.330 e. The zero-order valence-corrected chi connectivity index (χ0v) is 11.7. The van der Waals surface area contributed by atoms with E-state index in [9.17, 15) is 0 Å². The van der Waals surface area contributed by atoms with Crippen molar-refractivity contribution in [3.63, 3.8) is 0 Å². The van der Waals surface area contributed by atoms with Crippen LogP contribution in [0.3, 0.4) is 0 Å². The predicted molar refractivity (Wildman–Crippen MR) is 75.9 cm³/mol. The smallest absolute Gasteiger partial charge is 0.193 e. The van der Waals surface area contributed by atoms with Gasteiger partial charge in [0, 0.05) is 17.8 Å². The van der Waals surface area contributed by atoms with Crippen molar-refractivity contribution in [1.29, 1.82) is 0 Å². The highest BCUT2D eigenvalue weighted by molar-refractivity contribution is 7.15. The van der Waals surface area contributed by atoms with E-state index >= 15 is 0 Å². The normalized spacial score (nSPS) is 28.9. The summed E-state index contributed by atoms with van der Waals surface area (Å²) in [7, 11) is 0. The molecule has 0 bridgehead atoms. The van der Waals surface area contributed by atoms with Gasteiger partial charge in [0.15, 0.2) is 4.96 Å². The van der Waals surface area contributed by atoms with Crippen molar-refractivity contribution in [3.05, 3.63) is 23.5 Å². The topological polar surface area (TPSA) is 43.3 Å². The molecule has 1 aliphatic carbocycles. The molecule has 2 aromatic rings. The molecule has 1 fully saturated rings. The molecule has 4 heteroatoms. The molecule has 98 valence electrons. The van der Waals surface area contributed by atoms with Gasteiger partial charge in [0.1, 0.15) is 0 Å². The van der Waals surface area contributed by atoms with Crippen molar-refractivity contribution in [2.45, 2.75) is 39.0 Å². The molecule has 1 saturated carbocycles. The summed E-state index contributed by atoms with van der Waals surface area (Å²) in [6.45, 7) is 3.15. The molecule has 0 aliphatic heterocycles. The maximum absolute atomic E-state index is 6.09. The van der Waals surface area contributed by atoms with E-state index in [0.29, 0.717) is 5.41 Å². The van der Waals surface area contributed by atoms with Gasteiger partial charge in [-0.3, -0.25) is 4.40 Å². The van der Waals surface area contributed by atoms with Crippen molar-refractivity contribution in [1.82, 2.24) is 9.38 Å². The molecule has 0 amide bonds. The van der Waals surface area contributed by atoms with Gasteiger partial charge in [0.25, 0.3) is 0 Å². The van der Waals surface area contributed by atoms with Crippen LogP contribution in [0.1, 0.15) is 38.3 Å². The van der Waals surface area contributed by atoms with E-state index in [1.54, 1.807) is 11.3 Å². The monoisotopic (exact) mass is 263 g/mol. The predicted octanol–water partition coefficient (Wildman–Crippen LogP) is 3.09. The molecule has 18 heavy (non-hydrogen) atoms. The van der Waals surface area contributed by atoms with Crippen molar-refractivity contribution in [3.8, 4) is 0 Å². The molecular formula is C14H21N3S. The summed E-state index contributed by atoms with van der Waals surface area (Å²) >= 11 is 1.70. The van der Waals surface area contributed by atoms with Gasteiger partial charge in [0.05, 0.1) is 5.69 Å². The van der Waals surface area contributed by atoms with Crippen LogP contribution in [-0.2, 0) is 6.42 Å². The lowest BCUT2D eigenvalue weighted by molar-refractivity contribution is 0.152. The highest BCUT2D eigenvalue weighted by atomic mass is 32.1. The second-order valence-corrected chi connectivity index (χ2v) is 6.78. The minimum absolute atomic E-state index is 0.293. The van der Waals surface area contributed by atoms with Crippen LogP contribution in [0.5, 0.6) is 0 Å². The fraction of sp³-hybridized carbons (Fsp3) is 0.643. The second kappa shape index (κ2) is 4.67. The van der Waals surface area contributed by atoms with Crippen LogP contribution in [-0.4, -0.2) is 15.9 Å². The third kappa shape index (κ3) is 2.19. The number of fused-ring (bicyclic) bond motifs is 1. The van der Waals surface area contributed by atoms with E-state index in [1.165, 1.54) is 31.4 Å². The van der Waals surface area contributed by atoms with Crippen LogP contribution in [0, 0.1) is 11.3 Å². The molecule has 0 aromatic carbocycles. The highest BCUT2D eigenvalue weighted by Crippen LogP contribution is 2.41. The van der Waals surface area contributed by atoms with Crippen molar-refractivity contribution in [2.75, 3.05) is 6.54 Å². The number of rotatable bonds is 3. The summed E-state index contributed by atoms with van der Waals surface area (Å²) in [6.07, 6.45) is 10.5. The van der Waals surface area contributed by atoms with Gasteiger partial charge in [-0.05, 0) is 37.1 Å². The molecular weight excluding hydrogens is 242 g/mol. The first-order valence-electron chi connectivity index (χ1n) is 6.82. The number of hydrogen-bond donors (Lipinski definition) is 1. The van der Waals surface area contributed by atoms with Crippen molar-refractivity contribution < 1.29 is 0 Å². The van der Waals surface area contributed by atoms with Crippen LogP contribution in [0.4, 0.5) is 0 Å². The Balaban J connectivity index is 1.82. The van der Waals surface area contributed by atoms with E-state index in [4.69, 9.17) is 10.7 Å². The Hall–Kier alpha value is -0.870. The molecule has 2 heterocycles. The van der Waals surface area contributed by atoms with Gasteiger partial charge in [-0.1, -0.05) is 19.8 Å². The van der Waals surface area contributed by atoms with Gasteiger partial charge in [-0.25, -0.2) is 4.98 Å². The minimum atomic E-state index is 0.293. The van der Waals surface area contributed by atoms with Crippen LogP contribution >= 0.6 is 11.3 Å². The van der Waals surface area contributed by atoms with Gasteiger partial charge >= 0.3 is 0 Å². The molecule has 2 N–H and O–H groups in total. The quantitative estimate of drug-likeness (QED) is 0.924. The standard InChI is InChI=1S/C14H21N3S/c1-11-3-2-4-14(7-11,10-15)8-12-9-17-5-6-18-13(17)16-12/h5-6,9,11H,2-4,7-8,10,15H2,1H3. The largest absolute Gasteiger partial charge is 0.330 e. The summed E-state index contributed by atoms with van der Waals surface area (Å²) in [4.78, 5) is 5.81. The lowest BCUT2D eigenvalue weighted by atomic mass is 9.68. The van der Waals surface area contributed by atoms with Gasteiger partial charge < -0.3 is 5.73 Å². The van der Waals surface area contributed by atoms with Crippen LogP contribution in [0.2, 0.25) is 0 Å². The van der Waals surface area contributed by atoms with Gasteiger partial charge in [-0.2, -0.15) is 0 Å². The van der Waals surface area contributed by atoms with E-state index in [1.807, 2.05) is 0 Å². The Morgan fingerprint density at radius 3 is 3.22 bits per heavy atom. The molecule has 1 aliphatic rings. The first kappa shape index (κ1) is 12.2. The molecule has 2 unspecified atom stereocenters. The Bertz CT molecular complexity index is 501. The van der Waals surface area contributed by atoms with Crippen LogP contribution in [0.15, 0.2) is 17.8 Å². The third-order valence-electron chi connectivity index (χ3n) is 4.32. The Morgan fingerprint density at radius 1 is 1.61 bits per heavy atom. The van der Waals surface area contributed by atoms with Crippen molar-refractivity contribution >= 4 is 16.3 Å². The third-order valence-corrected chi connectivity index (χ3v) is 5.09. The summed E-state index contributed by atoms with van der Waals surface area (Å²) in [6, 6.07) is 0. The lowest BCUT2D eigenvalue weighted by Crippen LogP contribution is -2.37. The first-order valence-corrected chi connectivity index (χ1v) is 7.70.